The second kappa shape index (κ2) is 18.4. The molecule has 2 heteroatoms. The molecule has 0 spiro atoms. The molecular weight excluding hydrogens is 847 g/mol. The molecule has 12 aromatic rings. The molecule has 340 valence electrons. The fraction of sp³-hybridized carbons (Fsp3) is 0.118. The van der Waals surface area contributed by atoms with Gasteiger partial charge in [-0.2, -0.15) is 0 Å². The third kappa shape index (κ3) is 7.80. The molecule has 10 aromatic carbocycles. The first-order chi connectivity index (χ1) is 34.2. The van der Waals surface area contributed by atoms with Crippen LogP contribution in [0.15, 0.2) is 229 Å². The van der Waals surface area contributed by atoms with Gasteiger partial charge in [0.2, 0.25) is 0 Å². The van der Waals surface area contributed by atoms with E-state index >= 15 is 0 Å². The molecule has 13 rings (SSSR count). The number of rotatable bonds is 5. The maximum absolute atomic E-state index is 6.39. The van der Waals surface area contributed by atoms with Gasteiger partial charge < -0.3 is 8.98 Å². The van der Waals surface area contributed by atoms with Crippen LogP contribution in [0.1, 0.15) is 54.2 Å². The average Bonchev–Trinajstić information content (AvgIpc) is 4.03. The summed E-state index contributed by atoms with van der Waals surface area (Å²) in [5.74, 6) is 0. The van der Waals surface area contributed by atoms with Crippen LogP contribution in [0.4, 0.5) is 0 Å². The Labute approximate surface area is 412 Å². The van der Waals surface area contributed by atoms with Crippen LogP contribution in [-0.2, 0) is 11.8 Å². The quantitative estimate of drug-likeness (QED) is 0.168. The summed E-state index contributed by atoms with van der Waals surface area (Å²) in [6.07, 6.45) is 1.04. The fourth-order valence-corrected chi connectivity index (χ4v) is 11.0. The van der Waals surface area contributed by atoms with Crippen LogP contribution < -0.4 is 0 Å². The van der Waals surface area contributed by atoms with Gasteiger partial charge in [-0.3, -0.25) is 0 Å². The normalized spacial score (nSPS) is 12.3. The summed E-state index contributed by atoms with van der Waals surface area (Å²) in [6, 6.07) is 80.2. The molecule has 0 unspecified atom stereocenters. The molecule has 2 heterocycles. The number of benzene rings is 10. The van der Waals surface area contributed by atoms with E-state index in [0.717, 1.165) is 23.2 Å². The molecule has 0 saturated heterocycles. The number of hydrogen-bond donors (Lipinski definition) is 0. The van der Waals surface area contributed by atoms with E-state index in [-0.39, 0.29) is 5.41 Å². The maximum Gasteiger partial charge on any atom is 0.143 e. The van der Waals surface area contributed by atoms with Crippen molar-refractivity contribution in [2.24, 2.45) is 0 Å². The predicted octanol–water partition coefficient (Wildman–Crippen LogP) is 18.9. The largest absolute Gasteiger partial charge is 0.455 e. The lowest BCUT2D eigenvalue weighted by Gasteiger charge is -2.21. The number of para-hydroxylation sites is 3. The Hall–Kier alpha value is -8.20. The molecule has 0 bridgehead atoms. The number of aryl methyl sites for hydroxylation is 3. The lowest BCUT2D eigenvalue weighted by Crippen LogP contribution is -2.14. The van der Waals surface area contributed by atoms with Crippen molar-refractivity contribution in [1.29, 1.82) is 0 Å². The van der Waals surface area contributed by atoms with E-state index in [0.29, 0.717) is 0 Å². The van der Waals surface area contributed by atoms with Crippen LogP contribution >= 0.6 is 0 Å². The molecule has 0 saturated carbocycles. The van der Waals surface area contributed by atoms with Crippen LogP contribution in [0, 0.1) is 20.8 Å². The van der Waals surface area contributed by atoms with Gasteiger partial charge in [-0.05, 0) is 130 Å². The van der Waals surface area contributed by atoms with Crippen molar-refractivity contribution in [3.63, 3.8) is 0 Å². The summed E-state index contributed by atoms with van der Waals surface area (Å²) in [5.41, 5.74) is 24.4. The second-order valence-corrected chi connectivity index (χ2v) is 19.2. The average molecular weight is 904 g/mol. The summed E-state index contributed by atoms with van der Waals surface area (Å²) in [6.45, 7) is 13.4. The molecule has 0 fully saturated rings. The summed E-state index contributed by atoms with van der Waals surface area (Å²) in [5, 5.41) is 4.88. The van der Waals surface area contributed by atoms with Crippen LogP contribution in [0.2, 0.25) is 0 Å². The fourth-order valence-electron chi connectivity index (χ4n) is 11.0. The smallest absolute Gasteiger partial charge is 0.143 e. The highest BCUT2D eigenvalue weighted by Gasteiger charge is 2.35. The van der Waals surface area contributed by atoms with E-state index < -0.39 is 0 Å². The van der Waals surface area contributed by atoms with Gasteiger partial charge in [-0.15, -0.1) is 0 Å². The van der Waals surface area contributed by atoms with Gasteiger partial charge in [0, 0.05) is 38.2 Å². The molecular formula is C68H57NO. The highest BCUT2D eigenvalue weighted by atomic mass is 16.3. The Morgan fingerprint density at radius 2 is 0.986 bits per heavy atom. The highest BCUT2D eigenvalue weighted by Crippen LogP contribution is 2.49. The maximum atomic E-state index is 6.39. The predicted molar refractivity (Wildman–Crippen MR) is 298 cm³/mol. The SMILES string of the molecule is CCc1c(-c2ccccc2)cccc1-c1ccc(C)cc1.Cc1cccc2c1-c1ccccc1C2(C)C.Cc1cccc2oc3c(-c4ccc5c(c4)c4ccccc4n5-c4ccccc4)cccc3c12. The molecule has 2 aromatic heterocycles. The minimum atomic E-state index is 0.151. The highest BCUT2D eigenvalue weighted by molar-refractivity contribution is 6.14. The molecule has 0 N–H and O–H groups in total. The van der Waals surface area contributed by atoms with Crippen molar-refractivity contribution in [3.8, 4) is 50.2 Å². The second-order valence-electron chi connectivity index (χ2n) is 19.2. The van der Waals surface area contributed by atoms with Crippen molar-refractivity contribution in [3.05, 3.63) is 258 Å². The van der Waals surface area contributed by atoms with Crippen LogP contribution in [-0.4, -0.2) is 4.57 Å². The minimum absolute atomic E-state index is 0.151. The number of aromatic nitrogens is 1. The van der Waals surface area contributed by atoms with Gasteiger partial charge in [0.25, 0.3) is 0 Å². The Balaban J connectivity index is 0.000000124. The van der Waals surface area contributed by atoms with E-state index in [1.54, 1.807) is 0 Å². The van der Waals surface area contributed by atoms with Gasteiger partial charge in [-0.25, -0.2) is 0 Å². The van der Waals surface area contributed by atoms with E-state index in [2.05, 4.69) is 271 Å². The van der Waals surface area contributed by atoms with Crippen molar-refractivity contribution >= 4 is 43.7 Å². The Morgan fingerprint density at radius 3 is 1.76 bits per heavy atom. The molecule has 2 nitrogen and oxygen atoms in total. The van der Waals surface area contributed by atoms with Crippen LogP contribution in [0.3, 0.4) is 0 Å². The Kier molecular flexibility index (Phi) is 11.6. The van der Waals surface area contributed by atoms with Crippen LogP contribution in [0.5, 0.6) is 0 Å². The molecule has 0 radical (unpaired) electrons. The lowest BCUT2D eigenvalue weighted by atomic mass is 9.82. The summed E-state index contributed by atoms with van der Waals surface area (Å²) in [4.78, 5) is 0. The summed E-state index contributed by atoms with van der Waals surface area (Å²) >= 11 is 0. The summed E-state index contributed by atoms with van der Waals surface area (Å²) < 4.78 is 8.73. The number of fused-ring (bicyclic) bond motifs is 9. The zero-order valence-electron chi connectivity index (χ0n) is 40.9. The molecule has 1 aliphatic carbocycles. The molecule has 0 atom stereocenters. The third-order valence-electron chi connectivity index (χ3n) is 14.5. The minimum Gasteiger partial charge on any atom is -0.455 e. The zero-order chi connectivity index (χ0) is 47.9. The summed E-state index contributed by atoms with van der Waals surface area (Å²) in [7, 11) is 0. The zero-order valence-corrected chi connectivity index (χ0v) is 40.9. The van der Waals surface area contributed by atoms with Crippen molar-refractivity contribution < 1.29 is 4.42 Å². The molecule has 70 heavy (non-hydrogen) atoms. The van der Waals surface area contributed by atoms with Gasteiger partial charge >= 0.3 is 0 Å². The van der Waals surface area contributed by atoms with Crippen LogP contribution in [0.25, 0.3) is 93.9 Å². The first-order valence-corrected chi connectivity index (χ1v) is 24.7. The lowest BCUT2D eigenvalue weighted by molar-refractivity contribution is 0.660. The number of nitrogens with zero attached hydrogens (tertiary/aromatic N) is 1. The first-order valence-electron chi connectivity index (χ1n) is 24.7. The standard InChI is InChI=1S/C31H21NO.C21H20.C16H16/c1-20-9-7-16-29-30(20)25-14-8-13-23(31(25)33-29)21-17-18-28-26(19-21)24-12-5-6-15-27(24)32(28)22-10-3-2-4-11-22;1-3-19-20(17-8-5-4-6-9-17)10-7-11-21(19)18-14-12-16(2)13-15-18;1-11-7-6-10-14-15(11)12-8-4-5-9-13(12)16(14,2)3/h2-19H,1H3;4-15H,3H2,1-2H3;4-10H,1-3H3. The number of hydrogen-bond acceptors (Lipinski definition) is 1. The van der Waals surface area contributed by atoms with Crippen molar-refractivity contribution in [2.75, 3.05) is 0 Å². The molecule has 0 amide bonds. The Bertz CT molecular complexity index is 3850. The molecule has 0 aliphatic heterocycles. The van der Waals surface area contributed by atoms with E-state index in [1.807, 2.05) is 0 Å². The Morgan fingerprint density at radius 1 is 0.429 bits per heavy atom. The van der Waals surface area contributed by atoms with Gasteiger partial charge in [0.05, 0.1) is 11.0 Å². The topological polar surface area (TPSA) is 18.1 Å². The van der Waals surface area contributed by atoms with Crippen molar-refractivity contribution in [1.82, 2.24) is 4.57 Å². The monoisotopic (exact) mass is 903 g/mol. The van der Waals surface area contributed by atoms with Gasteiger partial charge in [0.1, 0.15) is 11.2 Å². The van der Waals surface area contributed by atoms with Crippen molar-refractivity contribution in [2.45, 2.75) is 53.4 Å². The van der Waals surface area contributed by atoms with E-state index in [9.17, 15) is 0 Å². The molecule has 1 aliphatic rings. The number of furan rings is 1. The first kappa shape index (κ1) is 44.3. The third-order valence-corrected chi connectivity index (χ3v) is 14.5. The van der Waals surface area contributed by atoms with Gasteiger partial charge in [0.15, 0.2) is 0 Å². The van der Waals surface area contributed by atoms with E-state index in [1.165, 1.54) is 111 Å². The van der Waals surface area contributed by atoms with E-state index in [4.69, 9.17) is 4.42 Å². The van der Waals surface area contributed by atoms with Gasteiger partial charge in [-0.1, -0.05) is 214 Å².